The van der Waals surface area contributed by atoms with Crippen LogP contribution in [0, 0.1) is 19.7 Å². The van der Waals surface area contributed by atoms with Crippen LogP contribution in [0.2, 0.25) is 0 Å². The minimum absolute atomic E-state index is 0. The summed E-state index contributed by atoms with van der Waals surface area (Å²) < 4.78 is 18.0. The fourth-order valence-electron chi connectivity index (χ4n) is 3.36. The van der Waals surface area contributed by atoms with Crippen LogP contribution < -0.4 is 10.6 Å². The Bertz CT molecular complexity index is 995. The van der Waals surface area contributed by atoms with E-state index in [1.165, 1.54) is 17.3 Å². The van der Waals surface area contributed by atoms with Crippen molar-refractivity contribution in [3.05, 3.63) is 65.3 Å². The molecule has 0 fully saturated rings. The molecule has 0 saturated heterocycles. The highest BCUT2D eigenvalue weighted by Crippen LogP contribution is 2.15. The van der Waals surface area contributed by atoms with Gasteiger partial charge in [-0.1, -0.05) is 6.07 Å². The molecule has 0 saturated carbocycles. The van der Waals surface area contributed by atoms with Gasteiger partial charge in [0.2, 0.25) is 0 Å². The summed E-state index contributed by atoms with van der Waals surface area (Å²) in [6, 6.07) is 5.34. The van der Waals surface area contributed by atoms with Crippen molar-refractivity contribution in [2.75, 3.05) is 7.05 Å². The Hall–Kier alpha value is -2.43. The number of aromatic nitrogens is 4. The highest BCUT2D eigenvalue weighted by molar-refractivity contribution is 14.0. The van der Waals surface area contributed by atoms with E-state index < -0.39 is 0 Å². The van der Waals surface area contributed by atoms with E-state index >= 15 is 0 Å². The van der Waals surface area contributed by atoms with Crippen LogP contribution in [0.1, 0.15) is 29.4 Å². The molecule has 0 aliphatic heterocycles. The van der Waals surface area contributed by atoms with Crippen molar-refractivity contribution in [1.29, 1.82) is 0 Å². The summed E-state index contributed by atoms with van der Waals surface area (Å²) in [4.78, 5) is 8.24. The lowest BCUT2D eigenvalue weighted by atomic mass is 10.1. The third-order valence-electron chi connectivity index (χ3n) is 5.03. The van der Waals surface area contributed by atoms with Crippen LogP contribution in [0.5, 0.6) is 0 Å². The maximum atomic E-state index is 14.4. The molecule has 2 aromatic heterocycles. The molecule has 0 aliphatic rings. The Morgan fingerprint density at radius 2 is 2.07 bits per heavy atom. The first-order valence-electron chi connectivity index (χ1n) is 9.62. The summed E-state index contributed by atoms with van der Waals surface area (Å²) >= 11 is 0. The Labute approximate surface area is 193 Å². The van der Waals surface area contributed by atoms with Gasteiger partial charge < -0.3 is 15.2 Å². The van der Waals surface area contributed by atoms with Gasteiger partial charge >= 0.3 is 0 Å². The second-order valence-corrected chi connectivity index (χ2v) is 7.20. The fourth-order valence-corrected chi connectivity index (χ4v) is 3.36. The van der Waals surface area contributed by atoms with E-state index in [0.717, 1.165) is 17.7 Å². The Balaban J connectivity index is 0.00000320. The predicted octanol–water partition coefficient (Wildman–Crippen LogP) is 3.28. The van der Waals surface area contributed by atoms with Gasteiger partial charge in [-0.25, -0.2) is 9.37 Å². The summed E-state index contributed by atoms with van der Waals surface area (Å²) in [7, 11) is 3.69. The largest absolute Gasteiger partial charge is 0.354 e. The quantitative estimate of drug-likeness (QED) is 0.295. The number of rotatable bonds is 6. The number of imidazole rings is 1. The van der Waals surface area contributed by atoms with Crippen molar-refractivity contribution in [2.45, 2.75) is 39.8 Å². The average Bonchev–Trinajstić information content (AvgIpc) is 3.30. The summed E-state index contributed by atoms with van der Waals surface area (Å²) in [5, 5.41) is 11.1. The molecule has 3 rings (SSSR count). The monoisotopic (exact) mass is 525 g/mol. The lowest BCUT2D eigenvalue weighted by Gasteiger charge is -2.18. The molecule has 0 spiro atoms. The zero-order valence-electron chi connectivity index (χ0n) is 18.0. The molecule has 0 amide bonds. The summed E-state index contributed by atoms with van der Waals surface area (Å²) in [6.45, 7) is 6.69. The second-order valence-electron chi connectivity index (χ2n) is 7.20. The van der Waals surface area contributed by atoms with E-state index in [9.17, 15) is 4.39 Å². The zero-order chi connectivity index (χ0) is 21.0. The van der Waals surface area contributed by atoms with Gasteiger partial charge in [-0.05, 0) is 50.5 Å². The number of aryl methyl sites for hydroxylation is 2. The van der Waals surface area contributed by atoms with Gasteiger partial charge in [0, 0.05) is 44.8 Å². The van der Waals surface area contributed by atoms with Gasteiger partial charge in [0.1, 0.15) is 5.82 Å². The van der Waals surface area contributed by atoms with Crippen LogP contribution in [-0.4, -0.2) is 38.4 Å². The molecule has 0 bridgehead atoms. The van der Waals surface area contributed by atoms with Crippen molar-refractivity contribution in [2.24, 2.45) is 12.0 Å². The molecule has 162 valence electrons. The van der Waals surface area contributed by atoms with Crippen molar-refractivity contribution < 1.29 is 4.39 Å². The van der Waals surface area contributed by atoms with Crippen LogP contribution >= 0.6 is 24.0 Å². The van der Waals surface area contributed by atoms with Gasteiger partial charge in [0.05, 0.1) is 17.7 Å². The first kappa shape index (κ1) is 23.8. The molecule has 7 nitrogen and oxygen atoms in total. The Morgan fingerprint density at radius 3 is 2.63 bits per heavy atom. The number of nitrogens with one attached hydrogen (secondary N) is 2. The van der Waals surface area contributed by atoms with Crippen LogP contribution in [0.3, 0.4) is 0 Å². The number of benzene rings is 1. The number of aliphatic imine (C=N–C) groups is 1. The first-order valence-corrected chi connectivity index (χ1v) is 9.62. The second kappa shape index (κ2) is 10.6. The number of hydrogen-bond donors (Lipinski definition) is 2. The van der Waals surface area contributed by atoms with Crippen LogP contribution in [-0.2, 0) is 20.0 Å². The molecule has 1 atom stereocenters. The van der Waals surface area contributed by atoms with Gasteiger partial charge in [-0.15, -0.1) is 24.0 Å². The molecule has 30 heavy (non-hydrogen) atoms. The van der Waals surface area contributed by atoms with Crippen molar-refractivity contribution in [1.82, 2.24) is 30.0 Å². The van der Waals surface area contributed by atoms with Gasteiger partial charge in [-0.2, -0.15) is 5.10 Å². The molecule has 2 heterocycles. The fraction of sp³-hybridized carbons (Fsp3) is 0.381. The predicted molar refractivity (Wildman–Crippen MR) is 128 cm³/mol. The molecule has 1 unspecified atom stereocenters. The smallest absolute Gasteiger partial charge is 0.191 e. The van der Waals surface area contributed by atoms with Crippen LogP contribution in [0.15, 0.2) is 41.9 Å². The zero-order valence-corrected chi connectivity index (χ0v) is 20.3. The molecule has 1 aromatic carbocycles. The first-order chi connectivity index (χ1) is 13.9. The number of hydrogen-bond acceptors (Lipinski definition) is 3. The third-order valence-corrected chi connectivity index (χ3v) is 5.03. The maximum Gasteiger partial charge on any atom is 0.191 e. The molecule has 9 heteroatoms. The summed E-state index contributed by atoms with van der Waals surface area (Å²) in [5.41, 5.74) is 4.79. The minimum Gasteiger partial charge on any atom is -0.354 e. The lowest BCUT2D eigenvalue weighted by molar-refractivity contribution is 0.613. The molecule has 0 aliphatic carbocycles. The molecular weight excluding hydrogens is 496 g/mol. The lowest BCUT2D eigenvalue weighted by Crippen LogP contribution is -2.42. The van der Waals surface area contributed by atoms with E-state index in [2.05, 4.69) is 39.6 Å². The van der Waals surface area contributed by atoms with Crippen molar-refractivity contribution in [3.63, 3.8) is 0 Å². The third kappa shape index (κ3) is 5.59. The van der Waals surface area contributed by atoms with Crippen LogP contribution in [0.4, 0.5) is 4.39 Å². The molecule has 0 radical (unpaired) electrons. The Morgan fingerprint density at radius 1 is 1.30 bits per heavy atom. The highest BCUT2D eigenvalue weighted by atomic mass is 127. The molecule has 3 aromatic rings. The van der Waals surface area contributed by atoms with Gasteiger partial charge in [0.25, 0.3) is 0 Å². The molecule has 2 N–H and O–H groups in total. The van der Waals surface area contributed by atoms with Crippen molar-refractivity contribution in [3.8, 4) is 5.69 Å². The van der Waals surface area contributed by atoms with E-state index in [4.69, 9.17) is 0 Å². The summed E-state index contributed by atoms with van der Waals surface area (Å²) in [6.07, 6.45) is 5.77. The van der Waals surface area contributed by atoms with Crippen molar-refractivity contribution >= 4 is 29.9 Å². The number of nitrogens with zero attached hydrogens (tertiary/aromatic N) is 5. The van der Waals surface area contributed by atoms with Gasteiger partial charge in [0.15, 0.2) is 5.96 Å². The minimum atomic E-state index is -0.291. The van der Waals surface area contributed by atoms with E-state index in [0.29, 0.717) is 18.2 Å². The number of halogens is 2. The van der Waals surface area contributed by atoms with E-state index in [1.807, 2.05) is 24.7 Å². The topological polar surface area (TPSA) is 72.1 Å². The Kier molecular flexibility index (Phi) is 8.39. The van der Waals surface area contributed by atoms with E-state index in [1.54, 1.807) is 36.4 Å². The normalized spacial score (nSPS) is 12.4. The van der Waals surface area contributed by atoms with Crippen LogP contribution in [0.25, 0.3) is 5.69 Å². The highest BCUT2D eigenvalue weighted by Gasteiger charge is 2.14. The SMILES string of the molecule is CN=C(NCc1ccc(-n2ccnc2)c(F)c1)NC(C)Cc1c(C)nn(C)c1C.I. The molecular formula is C21H29FIN7. The standard InChI is InChI=1S/C21H28FN7.HI/c1-14(10-18-15(2)27-28(5)16(18)3)26-21(23-4)25-12-17-6-7-20(19(22)11-17)29-9-8-24-13-29;/h6-9,11,13-14H,10,12H2,1-5H3,(H2,23,25,26);1H. The number of guanidine groups is 1. The van der Waals surface area contributed by atoms with Gasteiger partial charge in [-0.3, -0.25) is 9.67 Å². The van der Waals surface area contributed by atoms with E-state index in [-0.39, 0.29) is 35.8 Å². The average molecular weight is 525 g/mol. The maximum absolute atomic E-state index is 14.4. The summed E-state index contributed by atoms with van der Waals surface area (Å²) in [5.74, 6) is 0.386.